The smallest absolute Gasteiger partial charge is 0.316 e. The molecule has 2 heterocycles. The minimum absolute atomic E-state index is 0.223. The molecule has 142 valence electrons. The van der Waals surface area contributed by atoms with E-state index in [2.05, 4.69) is 0 Å². The van der Waals surface area contributed by atoms with Crippen LogP contribution in [0.15, 0.2) is 65.7 Å². The number of esters is 2. The Morgan fingerprint density at radius 1 is 0.964 bits per heavy atom. The van der Waals surface area contributed by atoms with Gasteiger partial charge in [0.2, 0.25) is 0 Å². The molecule has 0 bridgehead atoms. The molecule has 0 spiro atoms. The molecule has 0 amide bonds. The molecule has 0 fully saturated rings. The Bertz CT molecular complexity index is 977. The molecule has 0 unspecified atom stereocenters. The number of para-hydroxylation sites is 1. The van der Waals surface area contributed by atoms with Crippen LogP contribution in [0.3, 0.4) is 0 Å². The van der Waals surface area contributed by atoms with Gasteiger partial charge in [-0.2, -0.15) is 0 Å². The van der Waals surface area contributed by atoms with Gasteiger partial charge in [-0.3, -0.25) is 9.59 Å². The van der Waals surface area contributed by atoms with E-state index >= 15 is 0 Å². The highest BCUT2D eigenvalue weighted by molar-refractivity contribution is 5.88. The summed E-state index contributed by atoms with van der Waals surface area (Å²) in [6, 6.07) is 17.4. The van der Waals surface area contributed by atoms with E-state index in [0.717, 1.165) is 22.3 Å². The molecule has 5 rings (SSSR count). The maximum atomic E-state index is 13.1. The van der Waals surface area contributed by atoms with Crippen molar-refractivity contribution in [3.63, 3.8) is 0 Å². The third-order valence-corrected chi connectivity index (χ3v) is 6.15. The molecule has 0 N–H and O–H groups in total. The number of rotatable bonds is 2. The molecule has 5 heteroatoms. The van der Waals surface area contributed by atoms with Crippen LogP contribution in [0.2, 0.25) is 0 Å². The predicted octanol–water partition coefficient (Wildman–Crippen LogP) is 3.22. The first-order chi connectivity index (χ1) is 13.7. The first-order valence-corrected chi connectivity index (χ1v) is 9.43. The summed E-state index contributed by atoms with van der Waals surface area (Å²) in [6.45, 7) is 0.929. The van der Waals surface area contributed by atoms with Gasteiger partial charge in [-0.15, -0.1) is 0 Å². The van der Waals surface area contributed by atoms with E-state index in [1.54, 1.807) is 6.07 Å². The normalized spacial score (nSPS) is 28.1. The average Bonchev–Trinajstić information content (AvgIpc) is 3.22. The molecule has 3 aliphatic rings. The molecular weight excluding hydrogens is 356 g/mol. The van der Waals surface area contributed by atoms with Gasteiger partial charge in [-0.05, 0) is 22.8 Å². The van der Waals surface area contributed by atoms with Gasteiger partial charge in [0.15, 0.2) is 0 Å². The fourth-order valence-corrected chi connectivity index (χ4v) is 5.04. The zero-order valence-corrected chi connectivity index (χ0v) is 15.5. The van der Waals surface area contributed by atoms with Crippen LogP contribution >= 0.6 is 0 Å². The SMILES string of the molecule is COC(=O)[C@H]1[C@H]2C(=O)Oc3ccccc3[C@H]2C2=C(COC2)[C@H]1c1ccccc1. The van der Waals surface area contributed by atoms with E-state index in [9.17, 15) is 9.59 Å². The number of ether oxygens (including phenoxy) is 3. The number of carbonyl (C=O) groups excluding carboxylic acids is 2. The van der Waals surface area contributed by atoms with Crippen molar-refractivity contribution in [2.75, 3.05) is 20.3 Å². The van der Waals surface area contributed by atoms with Crippen molar-refractivity contribution in [3.05, 3.63) is 76.9 Å². The second kappa shape index (κ2) is 6.60. The number of carbonyl (C=O) groups is 2. The Kier molecular flexibility index (Phi) is 4.05. The Balaban J connectivity index is 1.76. The van der Waals surface area contributed by atoms with Crippen LogP contribution in [0.25, 0.3) is 0 Å². The second-order valence-corrected chi connectivity index (χ2v) is 7.44. The predicted molar refractivity (Wildman–Crippen MR) is 101 cm³/mol. The highest BCUT2D eigenvalue weighted by Gasteiger charge is 2.56. The summed E-state index contributed by atoms with van der Waals surface area (Å²) >= 11 is 0. The Morgan fingerprint density at radius 2 is 1.64 bits per heavy atom. The lowest BCUT2D eigenvalue weighted by molar-refractivity contribution is -0.157. The van der Waals surface area contributed by atoms with Crippen LogP contribution in [0, 0.1) is 11.8 Å². The van der Waals surface area contributed by atoms with E-state index < -0.39 is 17.8 Å². The monoisotopic (exact) mass is 376 g/mol. The van der Waals surface area contributed by atoms with Crippen LogP contribution in [-0.4, -0.2) is 32.3 Å². The Labute approximate surface area is 162 Å². The molecule has 0 radical (unpaired) electrons. The maximum absolute atomic E-state index is 13.1. The summed E-state index contributed by atoms with van der Waals surface area (Å²) in [5.41, 5.74) is 4.11. The van der Waals surface area contributed by atoms with Crippen molar-refractivity contribution in [2.24, 2.45) is 11.8 Å². The van der Waals surface area contributed by atoms with Crippen LogP contribution in [-0.2, 0) is 19.1 Å². The maximum Gasteiger partial charge on any atom is 0.316 e. The van der Waals surface area contributed by atoms with Gasteiger partial charge in [-0.1, -0.05) is 48.5 Å². The summed E-state index contributed by atoms with van der Waals surface area (Å²) in [5.74, 6) is -1.97. The number of hydrogen-bond donors (Lipinski definition) is 0. The van der Waals surface area contributed by atoms with E-state index in [4.69, 9.17) is 14.2 Å². The molecule has 2 aromatic carbocycles. The first-order valence-electron chi connectivity index (χ1n) is 9.43. The molecule has 4 atom stereocenters. The molecule has 0 saturated heterocycles. The summed E-state index contributed by atoms with van der Waals surface area (Å²) < 4.78 is 16.6. The van der Waals surface area contributed by atoms with Crippen LogP contribution in [0.4, 0.5) is 0 Å². The van der Waals surface area contributed by atoms with E-state index in [-0.39, 0.29) is 17.8 Å². The lowest BCUT2D eigenvalue weighted by Gasteiger charge is -2.43. The van der Waals surface area contributed by atoms with Crippen molar-refractivity contribution in [2.45, 2.75) is 11.8 Å². The third-order valence-electron chi connectivity index (χ3n) is 6.15. The molecule has 0 aromatic heterocycles. The van der Waals surface area contributed by atoms with Gasteiger partial charge < -0.3 is 14.2 Å². The number of fused-ring (bicyclic) bond motifs is 4. The molecule has 5 nitrogen and oxygen atoms in total. The summed E-state index contributed by atoms with van der Waals surface area (Å²) in [7, 11) is 1.37. The molecular formula is C23H20O5. The third kappa shape index (κ3) is 2.43. The Morgan fingerprint density at radius 3 is 2.39 bits per heavy atom. The van der Waals surface area contributed by atoms with Gasteiger partial charge in [0.1, 0.15) is 5.75 Å². The van der Waals surface area contributed by atoms with E-state index in [1.165, 1.54) is 7.11 Å². The van der Waals surface area contributed by atoms with Crippen molar-refractivity contribution in [1.29, 1.82) is 0 Å². The van der Waals surface area contributed by atoms with E-state index in [0.29, 0.717) is 19.0 Å². The minimum atomic E-state index is -0.654. The largest absolute Gasteiger partial charge is 0.469 e. The zero-order valence-electron chi connectivity index (χ0n) is 15.5. The van der Waals surface area contributed by atoms with Crippen molar-refractivity contribution in [3.8, 4) is 5.75 Å². The number of benzene rings is 2. The topological polar surface area (TPSA) is 61.8 Å². The van der Waals surface area contributed by atoms with Crippen LogP contribution in [0.5, 0.6) is 5.75 Å². The van der Waals surface area contributed by atoms with Gasteiger partial charge in [0, 0.05) is 17.4 Å². The average molecular weight is 376 g/mol. The lowest BCUT2D eigenvalue weighted by Crippen LogP contribution is -2.47. The second-order valence-electron chi connectivity index (χ2n) is 7.44. The number of methoxy groups -OCH3 is 1. The van der Waals surface area contributed by atoms with Gasteiger partial charge in [0.25, 0.3) is 0 Å². The fraction of sp³-hybridized carbons (Fsp3) is 0.304. The van der Waals surface area contributed by atoms with Crippen LogP contribution < -0.4 is 4.74 Å². The van der Waals surface area contributed by atoms with Crippen molar-refractivity contribution >= 4 is 11.9 Å². The standard InChI is InChI=1S/C23H20O5/c1-26-22(24)20-18(13-7-3-2-4-8-13)15-11-27-12-16(15)19-14-9-5-6-10-17(14)28-23(25)21(19)20/h2-10,18-21H,11-12H2,1H3/t18-,19+,20-,21+/m1/s1. The summed E-state index contributed by atoms with van der Waals surface area (Å²) in [5, 5.41) is 0. The minimum Gasteiger partial charge on any atom is -0.469 e. The molecule has 28 heavy (non-hydrogen) atoms. The van der Waals surface area contributed by atoms with Crippen molar-refractivity contribution in [1.82, 2.24) is 0 Å². The molecule has 2 aliphatic heterocycles. The molecule has 2 aromatic rings. The van der Waals surface area contributed by atoms with Crippen molar-refractivity contribution < 1.29 is 23.8 Å². The first kappa shape index (κ1) is 17.2. The van der Waals surface area contributed by atoms with E-state index in [1.807, 2.05) is 48.5 Å². The van der Waals surface area contributed by atoms with Crippen LogP contribution in [0.1, 0.15) is 23.0 Å². The highest BCUT2D eigenvalue weighted by atomic mass is 16.5. The Hall–Kier alpha value is -2.92. The summed E-state index contributed by atoms with van der Waals surface area (Å²) in [4.78, 5) is 26.1. The highest BCUT2D eigenvalue weighted by Crippen LogP contribution is 2.56. The zero-order chi connectivity index (χ0) is 19.3. The van der Waals surface area contributed by atoms with Gasteiger partial charge >= 0.3 is 11.9 Å². The van der Waals surface area contributed by atoms with Gasteiger partial charge in [-0.25, -0.2) is 0 Å². The summed E-state index contributed by atoms with van der Waals surface area (Å²) in [6.07, 6.45) is 0. The molecule has 0 saturated carbocycles. The fourth-order valence-electron chi connectivity index (χ4n) is 5.04. The van der Waals surface area contributed by atoms with Gasteiger partial charge in [0.05, 0.1) is 32.2 Å². The molecule has 1 aliphatic carbocycles. The lowest BCUT2D eigenvalue weighted by atomic mass is 9.60. The number of hydrogen-bond acceptors (Lipinski definition) is 5. The quantitative estimate of drug-likeness (QED) is 0.458.